The maximum absolute atomic E-state index is 5.77. The van der Waals surface area contributed by atoms with Gasteiger partial charge in [-0.25, -0.2) is 4.98 Å². The van der Waals surface area contributed by atoms with Gasteiger partial charge in [-0.3, -0.25) is 4.98 Å². The average Bonchev–Trinajstić information content (AvgIpc) is 2.45. The van der Waals surface area contributed by atoms with Gasteiger partial charge >= 0.3 is 0 Å². The fourth-order valence-corrected chi connectivity index (χ4v) is 1.92. The van der Waals surface area contributed by atoms with E-state index >= 15 is 0 Å². The van der Waals surface area contributed by atoms with E-state index < -0.39 is 0 Å². The van der Waals surface area contributed by atoms with Crippen molar-refractivity contribution in [2.75, 3.05) is 6.54 Å². The van der Waals surface area contributed by atoms with E-state index in [1.54, 1.807) is 12.4 Å². The molecule has 4 heteroatoms. The van der Waals surface area contributed by atoms with E-state index in [0.717, 1.165) is 18.0 Å². The number of benzene rings is 1. The van der Waals surface area contributed by atoms with Crippen LogP contribution in [0.15, 0.2) is 36.7 Å². The van der Waals surface area contributed by atoms with E-state index in [4.69, 9.17) is 4.74 Å². The van der Waals surface area contributed by atoms with Crippen molar-refractivity contribution in [3.8, 4) is 11.6 Å². The number of hydrogen-bond donors (Lipinski definition) is 1. The summed E-state index contributed by atoms with van der Waals surface area (Å²) >= 11 is 0. The van der Waals surface area contributed by atoms with Crippen LogP contribution < -0.4 is 10.1 Å². The van der Waals surface area contributed by atoms with Gasteiger partial charge in [-0.05, 0) is 29.7 Å². The highest BCUT2D eigenvalue weighted by Crippen LogP contribution is 2.26. The normalized spacial score (nSPS) is 11.4. The summed E-state index contributed by atoms with van der Waals surface area (Å²) in [6.45, 7) is 10.2. The average molecular weight is 285 g/mol. The van der Waals surface area contributed by atoms with Crippen LogP contribution in [0.3, 0.4) is 0 Å². The van der Waals surface area contributed by atoms with E-state index in [-0.39, 0.29) is 5.41 Å². The maximum atomic E-state index is 5.77. The molecule has 0 atom stereocenters. The van der Waals surface area contributed by atoms with Gasteiger partial charge in [-0.2, -0.15) is 0 Å². The lowest BCUT2D eigenvalue weighted by molar-refractivity contribution is 0.455. The van der Waals surface area contributed by atoms with Crippen molar-refractivity contribution >= 4 is 0 Å². The second-order valence-electron chi connectivity index (χ2n) is 6.01. The Bertz CT molecular complexity index is 573. The second kappa shape index (κ2) is 6.68. The minimum absolute atomic E-state index is 0.143. The Balaban J connectivity index is 2.07. The molecular weight excluding hydrogens is 262 g/mol. The van der Waals surface area contributed by atoms with Crippen molar-refractivity contribution in [2.24, 2.45) is 0 Å². The van der Waals surface area contributed by atoms with Crippen LogP contribution in [-0.2, 0) is 12.0 Å². The first-order chi connectivity index (χ1) is 9.99. The van der Waals surface area contributed by atoms with E-state index in [1.807, 2.05) is 12.1 Å². The molecule has 0 aliphatic rings. The van der Waals surface area contributed by atoms with Crippen molar-refractivity contribution in [1.29, 1.82) is 0 Å². The molecule has 1 aromatic carbocycles. The summed E-state index contributed by atoms with van der Waals surface area (Å²) in [5, 5.41) is 3.22. The van der Waals surface area contributed by atoms with Crippen molar-refractivity contribution in [1.82, 2.24) is 15.3 Å². The number of hydrogen-bond acceptors (Lipinski definition) is 4. The highest BCUT2D eigenvalue weighted by Gasteiger charge is 2.13. The third-order valence-electron chi connectivity index (χ3n) is 3.16. The number of rotatable bonds is 5. The predicted octanol–water partition coefficient (Wildman–Crippen LogP) is 3.68. The summed E-state index contributed by atoms with van der Waals surface area (Å²) in [4.78, 5) is 8.59. The highest BCUT2D eigenvalue weighted by molar-refractivity contribution is 5.33. The third kappa shape index (κ3) is 4.53. The molecule has 1 aromatic heterocycles. The summed E-state index contributed by atoms with van der Waals surface area (Å²) in [7, 11) is 0. The van der Waals surface area contributed by atoms with Crippen LogP contribution in [0.4, 0.5) is 0 Å². The molecule has 112 valence electrons. The first kappa shape index (κ1) is 15.4. The number of ether oxygens (including phenoxy) is 1. The van der Waals surface area contributed by atoms with Gasteiger partial charge < -0.3 is 10.1 Å². The zero-order valence-corrected chi connectivity index (χ0v) is 13.2. The zero-order chi connectivity index (χ0) is 15.3. The summed E-state index contributed by atoms with van der Waals surface area (Å²) in [6, 6.07) is 8.12. The number of aromatic nitrogens is 2. The smallest absolute Gasteiger partial charge is 0.238 e. The molecule has 1 heterocycles. The molecule has 0 aliphatic heterocycles. The van der Waals surface area contributed by atoms with Gasteiger partial charge in [-0.15, -0.1) is 0 Å². The Morgan fingerprint density at radius 3 is 2.43 bits per heavy atom. The molecule has 2 rings (SSSR count). The Morgan fingerprint density at radius 2 is 1.81 bits per heavy atom. The van der Waals surface area contributed by atoms with Gasteiger partial charge in [0, 0.05) is 12.7 Å². The SMILES string of the molecule is CCNCc1cncc(Oc2ccc(C(C)(C)C)cc2)n1. The van der Waals surface area contributed by atoms with Gasteiger partial charge in [-0.1, -0.05) is 39.8 Å². The van der Waals surface area contributed by atoms with E-state index in [2.05, 4.69) is 55.1 Å². The molecule has 0 spiro atoms. The quantitative estimate of drug-likeness (QED) is 0.910. The summed E-state index contributed by atoms with van der Waals surface area (Å²) < 4.78 is 5.77. The summed E-state index contributed by atoms with van der Waals surface area (Å²) in [5.74, 6) is 1.30. The standard InChI is InChI=1S/C17H23N3O/c1-5-18-10-14-11-19-12-16(20-14)21-15-8-6-13(7-9-15)17(2,3)4/h6-9,11-12,18H,5,10H2,1-4H3. The van der Waals surface area contributed by atoms with Crippen LogP contribution in [-0.4, -0.2) is 16.5 Å². The number of nitrogens with zero attached hydrogens (tertiary/aromatic N) is 2. The van der Waals surface area contributed by atoms with Crippen molar-refractivity contribution in [3.05, 3.63) is 47.9 Å². The van der Waals surface area contributed by atoms with Gasteiger partial charge in [0.05, 0.1) is 11.9 Å². The lowest BCUT2D eigenvalue weighted by Crippen LogP contribution is -2.13. The Labute approximate surface area is 126 Å². The Morgan fingerprint density at radius 1 is 1.10 bits per heavy atom. The minimum Gasteiger partial charge on any atom is -0.437 e. The monoisotopic (exact) mass is 285 g/mol. The van der Waals surface area contributed by atoms with Crippen molar-refractivity contribution in [2.45, 2.75) is 39.7 Å². The van der Waals surface area contributed by atoms with Gasteiger partial charge in [0.2, 0.25) is 5.88 Å². The van der Waals surface area contributed by atoms with E-state index in [1.165, 1.54) is 5.56 Å². The lowest BCUT2D eigenvalue weighted by atomic mass is 9.87. The topological polar surface area (TPSA) is 47.0 Å². The van der Waals surface area contributed by atoms with Crippen LogP contribution in [0.1, 0.15) is 39.0 Å². The highest BCUT2D eigenvalue weighted by atomic mass is 16.5. The minimum atomic E-state index is 0.143. The molecule has 0 fully saturated rings. The fraction of sp³-hybridized carbons (Fsp3) is 0.412. The van der Waals surface area contributed by atoms with Crippen molar-refractivity contribution < 1.29 is 4.74 Å². The molecule has 21 heavy (non-hydrogen) atoms. The van der Waals surface area contributed by atoms with Crippen LogP contribution in [0.25, 0.3) is 0 Å². The summed E-state index contributed by atoms with van der Waals surface area (Å²) in [5.41, 5.74) is 2.30. The molecular formula is C17H23N3O. The van der Waals surface area contributed by atoms with Gasteiger partial charge in [0.1, 0.15) is 5.75 Å². The first-order valence-corrected chi connectivity index (χ1v) is 7.29. The molecule has 0 aliphatic carbocycles. The van der Waals surface area contributed by atoms with Crippen molar-refractivity contribution in [3.63, 3.8) is 0 Å². The van der Waals surface area contributed by atoms with Crippen LogP contribution in [0.2, 0.25) is 0 Å². The third-order valence-corrected chi connectivity index (χ3v) is 3.16. The fourth-order valence-electron chi connectivity index (χ4n) is 1.92. The summed E-state index contributed by atoms with van der Waals surface area (Å²) in [6.07, 6.45) is 3.38. The van der Waals surface area contributed by atoms with Crippen LogP contribution in [0.5, 0.6) is 11.6 Å². The molecule has 0 amide bonds. The molecule has 0 radical (unpaired) electrons. The van der Waals surface area contributed by atoms with Crippen LogP contribution in [0, 0.1) is 0 Å². The Hall–Kier alpha value is -1.94. The lowest BCUT2D eigenvalue weighted by Gasteiger charge is -2.19. The molecule has 0 bridgehead atoms. The number of nitrogens with one attached hydrogen (secondary N) is 1. The van der Waals surface area contributed by atoms with Gasteiger partial charge in [0.25, 0.3) is 0 Å². The molecule has 4 nitrogen and oxygen atoms in total. The van der Waals surface area contributed by atoms with E-state index in [9.17, 15) is 0 Å². The second-order valence-corrected chi connectivity index (χ2v) is 6.01. The first-order valence-electron chi connectivity index (χ1n) is 7.29. The zero-order valence-electron chi connectivity index (χ0n) is 13.2. The van der Waals surface area contributed by atoms with Gasteiger partial charge in [0.15, 0.2) is 0 Å². The molecule has 1 N–H and O–H groups in total. The largest absolute Gasteiger partial charge is 0.437 e. The predicted molar refractivity (Wildman–Crippen MR) is 84.6 cm³/mol. The molecule has 0 saturated carbocycles. The van der Waals surface area contributed by atoms with Crippen LogP contribution >= 0.6 is 0 Å². The molecule has 0 saturated heterocycles. The van der Waals surface area contributed by atoms with E-state index in [0.29, 0.717) is 12.4 Å². The Kier molecular flexibility index (Phi) is 4.91. The maximum Gasteiger partial charge on any atom is 0.238 e. The molecule has 0 unspecified atom stereocenters. The molecule has 2 aromatic rings.